The lowest BCUT2D eigenvalue weighted by molar-refractivity contribution is 0.0957. The number of nitrogen functional groups attached to an aromatic ring is 1. The number of hydrogen-bond donors (Lipinski definition) is 2. The van der Waals surface area contributed by atoms with Gasteiger partial charge in [0.1, 0.15) is 9.88 Å². The minimum atomic E-state index is -0.293. The molecule has 1 aromatic carbocycles. The number of aryl methyl sites for hydroxylation is 2. The van der Waals surface area contributed by atoms with Crippen molar-refractivity contribution in [2.45, 2.75) is 13.8 Å². The molecule has 2 aromatic rings. The summed E-state index contributed by atoms with van der Waals surface area (Å²) in [5.41, 5.74) is 5.02. The zero-order chi connectivity index (χ0) is 12.4. The van der Waals surface area contributed by atoms with Crippen LogP contribution >= 0.6 is 11.3 Å². The second-order valence-corrected chi connectivity index (χ2v) is 4.78. The van der Waals surface area contributed by atoms with Gasteiger partial charge in [-0.2, -0.15) is 0 Å². The molecule has 0 atom stereocenters. The average molecular weight is 247 g/mol. The lowest BCUT2D eigenvalue weighted by atomic mass is 10.1. The Bertz CT molecular complexity index is 563. The number of nitrogens with two attached hydrogens (primary N) is 1. The summed E-state index contributed by atoms with van der Waals surface area (Å²) >= 11 is 1.35. The molecule has 0 bridgehead atoms. The van der Waals surface area contributed by atoms with Crippen molar-refractivity contribution >= 4 is 17.2 Å². The van der Waals surface area contributed by atoms with Crippen LogP contribution < -0.4 is 11.3 Å². The van der Waals surface area contributed by atoms with E-state index in [-0.39, 0.29) is 5.91 Å². The summed E-state index contributed by atoms with van der Waals surface area (Å²) in [5.74, 6) is 4.83. The summed E-state index contributed by atoms with van der Waals surface area (Å²) in [6.45, 7) is 3.83. The molecule has 0 fully saturated rings. The van der Waals surface area contributed by atoms with E-state index >= 15 is 0 Å². The van der Waals surface area contributed by atoms with E-state index in [2.05, 4.69) is 10.4 Å². The van der Waals surface area contributed by atoms with E-state index in [1.807, 2.05) is 31.2 Å². The predicted molar refractivity (Wildman–Crippen MR) is 68.7 cm³/mol. The number of hydrogen-bond acceptors (Lipinski definition) is 4. The number of nitrogens with zero attached hydrogens (tertiary/aromatic N) is 1. The van der Waals surface area contributed by atoms with Crippen molar-refractivity contribution in [2.24, 2.45) is 5.84 Å². The molecule has 88 valence electrons. The third kappa shape index (κ3) is 2.35. The van der Waals surface area contributed by atoms with Crippen molar-refractivity contribution in [3.63, 3.8) is 0 Å². The summed E-state index contributed by atoms with van der Waals surface area (Å²) in [6, 6.07) is 8.03. The molecule has 0 aliphatic rings. The summed E-state index contributed by atoms with van der Waals surface area (Å²) in [7, 11) is 0. The van der Waals surface area contributed by atoms with Crippen LogP contribution in [0, 0.1) is 13.8 Å². The quantitative estimate of drug-likeness (QED) is 0.484. The van der Waals surface area contributed by atoms with E-state index in [9.17, 15) is 4.79 Å². The number of carbonyl (C=O) groups excluding carboxylic acids is 1. The highest BCUT2D eigenvalue weighted by Crippen LogP contribution is 2.28. The minimum absolute atomic E-state index is 0.293. The molecular formula is C12H13N3OS. The third-order valence-electron chi connectivity index (χ3n) is 2.40. The van der Waals surface area contributed by atoms with Crippen LogP contribution in [0.1, 0.15) is 20.9 Å². The summed E-state index contributed by atoms with van der Waals surface area (Å²) in [4.78, 5) is 16.4. The Labute approximate surface area is 103 Å². The number of thiazole rings is 1. The molecule has 2 rings (SSSR count). The maximum Gasteiger partial charge on any atom is 0.277 e. The molecule has 0 aliphatic carbocycles. The zero-order valence-corrected chi connectivity index (χ0v) is 10.5. The van der Waals surface area contributed by atoms with Gasteiger partial charge < -0.3 is 0 Å². The first-order valence-electron chi connectivity index (χ1n) is 5.17. The monoisotopic (exact) mass is 247 g/mol. The lowest BCUT2D eigenvalue weighted by Gasteiger charge is -1.97. The van der Waals surface area contributed by atoms with Crippen LogP contribution in [0.5, 0.6) is 0 Å². The van der Waals surface area contributed by atoms with Crippen LogP contribution in [0.2, 0.25) is 0 Å². The third-order valence-corrected chi connectivity index (χ3v) is 3.60. The van der Waals surface area contributed by atoms with Crippen molar-refractivity contribution in [1.82, 2.24) is 10.4 Å². The molecule has 4 nitrogen and oxygen atoms in total. The highest BCUT2D eigenvalue weighted by Gasteiger charge is 2.14. The van der Waals surface area contributed by atoms with E-state index in [0.29, 0.717) is 10.6 Å². The minimum Gasteiger partial charge on any atom is -0.289 e. The fourth-order valence-electron chi connectivity index (χ4n) is 1.57. The van der Waals surface area contributed by atoms with Gasteiger partial charge in [-0.1, -0.05) is 23.8 Å². The van der Waals surface area contributed by atoms with Crippen LogP contribution in [0.4, 0.5) is 0 Å². The Hall–Kier alpha value is -1.72. The first kappa shape index (κ1) is 11.8. The van der Waals surface area contributed by atoms with Crippen LogP contribution in [0.25, 0.3) is 10.6 Å². The zero-order valence-electron chi connectivity index (χ0n) is 9.65. The van der Waals surface area contributed by atoms with Crippen molar-refractivity contribution in [3.05, 3.63) is 40.4 Å². The Morgan fingerprint density at radius 1 is 1.41 bits per heavy atom. The van der Waals surface area contributed by atoms with E-state index in [4.69, 9.17) is 5.84 Å². The number of benzene rings is 1. The second-order valence-electron chi connectivity index (χ2n) is 3.78. The standard InChI is InChI=1S/C12H13N3OS/c1-7-4-3-5-9(6-7)12-14-8(2)10(17-12)11(16)15-13/h3-6H,13H2,1-2H3,(H,15,16). The normalized spacial score (nSPS) is 10.3. The Morgan fingerprint density at radius 3 is 2.82 bits per heavy atom. The summed E-state index contributed by atoms with van der Waals surface area (Å²) in [6.07, 6.45) is 0. The van der Waals surface area contributed by atoms with Crippen LogP contribution in [0.15, 0.2) is 24.3 Å². The molecule has 0 unspecified atom stereocenters. The second kappa shape index (κ2) is 4.65. The van der Waals surface area contributed by atoms with Gasteiger partial charge in [0.05, 0.1) is 5.69 Å². The largest absolute Gasteiger partial charge is 0.289 e. The van der Waals surface area contributed by atoms with Gasteiger partial charge in [-0.25, -0.2) is 10.8 Å². The Kier molecular flexibility index (Phi) is 3.21. The molecule has 0 radical (unpaired) electrons. The van der Waals surface area contributed by atoms with E-state index in [1.54, 1.807) is 6.92 Å². The molecule has 0 saturated heterocycles. The molecule has 3 N–H and O–H groups in total. The number of aromatic nitrogens is 1. The van der Waals surface area contributed by atoms with Crippen LogP contribution in [-0.4, -0.2) is 10.9 Å². The fraction of sp³-hybridized carbons (Fsp3) is 0.167. The van der Waals surface area contributed by atoms with Crippen molar-refractivity contribution in [2.75, 3.05) is 0 Å². The highest BCUT2D eigenvalue weighted by atomic mass is 32.1. The van der Waals surface area contributed by atoms with Gasteiger partial charge in [-0.15, -0.1) is 11.3 Å². The highest BCUT2D eigenvalue weighted by molar-refractivity contribution is 7.17. The Morgan fingerprint density at radius 2 is 2.18 bits per heavy atom. The van der Waals surface area contributed by atoms with Gasteiger partial charge in [-0.05, 0) is 19.9 Å². The molecule has 1 amide bonds. The van der Waals surface area contributed by atoms with Crippen molar-refractivity contribution in [3.8, 4) is 10.6 Å². The lowest BCUT2D eigenvalue weighted by Crippen LogP contribution is -2.29. The molecule has 0 spiro atoms. The number of amides is 1. The maximum atomic E-state index is 11.5. The first-order valence-corrected chi connectivity index (χ1v) is 5.99. The van der Waals surface area contributed by atoms with Crippen molar-refractivity contribution in [1.29, 1.82) is 0 Å². The number of nitrogens with one attached hydrogen (secondary N) is 1. The van der Waals surface area contributed by atoms with Gasteiger partial charge in [0.2, 0.25) is 0 Å². The van der Waals surface area contributed by atoms with Crippen LogP contribution in [-0.2, 0) is 0 Å². The van der Waals surface area contributed by atoms with Gasteiger partial charge in [0.25, 0.3) is 5.91 Å². The van der Waals surface area contributed by atoms with Gasteiger partial charge in [0.15, 0.2) is 0 Å². The summed E-state index contributed by atoms with van der Waals surface area (Å²) in [5, 5.41) is 0.838. The topological polar surface area (TPSA) is 68.0 Å². The first-order chi connectivity index (χ1) is 8.11. The molecule has 0 saturated carbocycles. The smallest absolute Gasteiger partial charge is 0.277 e. The van der Waals surface area contributed by atoms with Crippen molar-refractivity contribution < 1.29 is 4.79 Å². The number of rotatable bonds is 2. The molecule has 1 aromatic heterocycles. The number of hydrazine groups is 1. The molecule has 0 aliphatic heterocycles. The maximum absolute atomic E-state index is 11.5. The summed E-state index contributed by atoms with van der Waals surface area (Å²) < 4.78 is 0. The Balaban J connectivity index is 2.44. The predicted octanol–water partition coefficient (Wildman–Crippen LogP) is 2.03. The van der Waals surface area contributed by atoms with Gasteiger partial charge in [-0.3, -0.25) is 10.2 Å². The van der Waals surface area contributed by atoms with Crippen LogP contribution in [0.3, 0.4) is 0 Å². The van der Waals surface area contributed by atoms with E-state index in [1.165, 1.54) is 16.9 Å². The van der Waals surface area contributed by atoms with Gasteiger partial charge in [0, 0.05) is 5.56 Å². The molecule has 1 heterocycles. The molecule has 17 heavy (non-hydrogen) atoms. The SMILES string of the molecule is Cc1cccc(-c2nc(C)c(C(=O)NN)s2)c1. The molecule has 5 heteroatoms. The van der Waals surface area contributed by atoms with Gasteiger partial charge >= 0.3 is 0 Å². The average Bonchev–Trinajstić information content (AvgIpc) is 2.70. The number of carbonyl (C=O) groups is 1. The van der Waals surface area contributed by atoms with E-state index < -0.39 is 0 Å². The fourth-order valence-corrected chi connectivity index (χ4v) is 2.54. The van der Waals surface area contributed by atoms with E-state index in [0.717, 1.165) is 10.6 Å². The molecular weight excluding hydrogens is 234 g/mol.